The molecule has 3 fully saturated rings. The van der Waals surface area contributed by atoms with Gasteiger partial charge in [0.1, 0.15) is 12.2 Å². The number of hydrogen-bond donors (Lipinski definition) is 0. The van der Waals surface area contributed by atoms with E-state index in [9.17, 15) is 9.59 Å². The molecular formula is C43H58O4. The van der Waals surface area contributed by atoms with Crippen LogP contribution < -0.4 is 0 Å². The number of hydrogen-bond acceptors (Lipinski definition) is 4. The molecule has 0 aliphatic heterocycles. The monoisotopic (exact) mass is 638 g/mol. The highest BCUT2D eigenvalue weighted by molar-refractivity contribution is 5.90. The van der Waals surface area contributed by atoms with Gasteiger partial charge in [-0.2, -0.15) is 0 Å². The van der Waals surface area contributed by atoms with Gasteiger partial charge in [-0.1, -0.05) is 96.4 Å². The molecule has 4 aliphatic carbocycles. The Hall–Kier alpha value is -2.88. The number of fused-ring (bicyclic) bond motifs is 5. The molecule has 47 heavy (non-hydrogen) atoms. The maximum absolute atomic E-state index is 13.7. The van der Waals surface area contributed by atoms with Gasteiger partial charge in [0.2, 0.25) is 0 Å². The smallest absolute Gasteiger partial charge is 0.338 e. The SMILES string of the molecule is CC[C@H](CC[C@@H](C)[C@H]1CC[C@H]2[C@@H]3[C@@H](OC(=O)c4ccccc4)C=C4C[C@@H](OC(=O)c5ccccc5)CC[C@]4(C)[C@H]3CC[C@]12C)C(C)C. The zero-order chi connectivity index (χ0) is 33.3. The Kier molecular flexibility index (Phi) is 10.1. The average molecular weight is 639 g/mol. The first-order chi connectivity index (χ1) is 22.5. The fourth-order valence-electron chi connectivity index (χ4n) is 11.0. The van der Waals surface area contributed by atoms with Gasteiger partial charge in [-0.25, -0.2) is 9.59 Å². The summed E-state index contributed by atoms with van der Waals surface area (Å²) in [6.45, 7) is 14.7. The van der Waals surface area contributed by atoms with Gasteiger partial charge in [-0.15, -0.1) is 0 Å². The molecule has 2 aromatic rings. The van der Waals surface area contributed by atoms with Gasteiger partial charge in [0.15, 0.2) is 0 Å². The standard InChI is InChI=1S/C43H58O4/c1-7-30(28(2)3)19-18-29(4)35-20-21-36-39-37(23-25-43(35,36)6)42(5)24-22-34(46-40(44)31-14-10-8-11-15-31)26-33(42)27-38(39)47-41(45)32-16-12-9-13-17-32/h8-17,27-30,34-39H,7,18-26H2,1-6H3/t29-,30-,34+,35-,36+,37+,38+,39+,42+,43-/m1/s1. The summed E-state index contributed by atoms with van der Waals surface area (Å²) >= 11 is 0. The molecule has 6 rings (SSSR count). The summed E-state index contributed by atoms with van der Waals surface area (Å²) in [5.74, 6) is 3.81. The quantitative estimate of drug-likeness (QED) is 0.192. The number of rotatable bonds is 10. The zero-order valence-corrected chi connectivity index (χ0v) is 29.8. The lowest BCUT2D eigenvalue weighted by molar-refractivity contribution is -0.102. The highest BCUT2D eigenvalue weighted by Gasteiger charge is 2.62. The second kappa shape index (κ2) is 13.9. The van der Waals surface area contributed by atoms with E-state index >= 15 is 0 Å². The van der Waals surface area contributed by atoms with Gasteiger partial charge in [0.05, 0.1) is 11.1 Å². The molecule has 4 heteroatoms. The van der Waals surface area contributed by atoms with Crippen molar-refractivity contribution >= 4 is 11.9 Å². The Morgan fingerprint density at radius 1 is 0.787 bits per heavy atom. The summed E-state index contributed by atoms with van der Waals surface area (Å²) in [5, 5.41) is 0. The lowest BCUT2D eigenvalue weighted by atomic mass is 9.46. The van der Waals surface area contributed by atoms with Crippen molar-refractivity contribution in [2.75, 3.05) is 0 Å². The predicted molar refractivity (Wildman–Crippen MR) is 189 cm³/mol. The Morgan fingerprint density at radius 2 is 1.43 bits per heavy atom. The van der Waals surface area contributed by atoms with Crippen molar-refractivity contribution in [3.05, 3.63) is 83.4 Å². The Bertz CT molecular complexity index is 1410. The van der Waals surface area contributed by atoms with Crippen LogP contribution in [0.15, 0.2) is 72.3 Å². The maximum Gasteiger partial charge on any atom is 0.338 e. The maximum atomic E-state index is 13.7. The highest BCUT2D eigenvalue weighted by atomic mass is 16.5. The summed E-state index contributed by atoms with van der Waals surface area (Å²) in [6.07, 6.45) is 13.3. The van der Waals surface area contributed by atoms with Crippen LogP contribution in [0, 0.1) is 52.3 Å². The molecule has 0 amide bonds. The third-order valence-electron chi connectivity index (χ3n) is 13.8. The lowest BCUT2D eigenvalue weighted by Gasteiger charge is -2.59. The predicted octanol–water partition coefficient (Wildman–Crippen LogP) is 10.7. The normalized spacial score (nSPS) is 34.3. The average Bonchev–Trinajstić information content (AvgIpc) is 3.43. The Balaban J connectivity index is 1.27. The second-order valence-corrected chi connectivity index (χ2v) is 16.5. The van der Waals surface area contributed by atoms with E-state index in [-0.39, 0.29) is 35.0 Å². The molecule has 0 N–H and O–H groups in total. The van der Waals surface area contributed by atoms with E-state index in [2.05, 4.69) is 47.6 Å². The fraction of sp³-hybridized carbons (Fsp3) is 0.628. The summed E-state index contributed by atoms with van der Waals surface area (Å²) in [6, 6.07) is 18.8. The minimum atomic E-state index is -0.261. The van der Waals surface area contributed by atoms with E-state index in [1.807, 2.05) is 60.7 Å². The molecule has 0 radical (unpaired) electrons. The molecule has 0 unspecified atom stereocenters. The third kappa shape index (κ3) is 6.60. The molecule has 0 bridgehead atoms. The Morgan fingerprint density at radius 3 is 2.04 bits per heavy atom. The summed E-state index contributed by atoms with van der Waals surface area (Å²) in [4.78, 5) is 26.7. The van der Waals surface area contributed by atoms with E-state index in [1.165, 1.54) is 50.5 Å². The van der Waals surface area contributed by atoms with Gasteiger partial charge in [-0.3, -0.25) is 0 Å². The first kappa shape index (κ1) is 34.0. The molecule has 0 heterocycles. The van der Waals surface area contributed by atoms with Crippen LogP contribution in [0.2, 0.25) is 0 Å². The molecule has 4 nitrogen and oxygen atoms in total. The number of esters is 2. The number of carbonyl (C=O) groups excluding carboxylic acids is 2. The van der Waals surface area contributed by atoms with Crippen molar-refractivity contribution in [2.45, 2.75) is 118 Å². The third-order valence-corrected chi connectivity index (χ3v) is 13.8. The van der Waals surface area contributed by atoms with Crippen LogP contribution in [0.1, 0.15) is 126 Å². The number of ether oxygens (including phenoxy) is 2. The van der Waals surface area contributed by atoms with Gasteiger partial charge in [0, 0.05) is 12.3 Å². The second-order valence-electron chi connectivity index (χ2n) is 16.5. The topological polar surface area (TPSA) is 52.6 Å². The van der Waals surface area contributed by atoms with Gasteiger partial charge < -0.3 is 9.47 Å². The number of carbonyl (C=O) groups is 2. The minimum Gasteiger partial charge on any atom is -0.458 e. The van der Waals surface area contributed by atoms with Crippen LogP contribution in [0.4, 0.5) is 0 Å². The van der Waals surface area contributed by atoms with Crippen molar-refractivity contribution in [2.24, 2.45) is 52.3 Å². The molecule has 3 saturated carbocycles. The van der Waals surface area contributed by atoms with Crippen molar-refractivity contribution in [1.82, 2.24) is 0 Å². The molecule has 0 aromatic heterocycles. The van der Waals surface area contributed by atoms with Crippen LogP contribution in [0.25, 0.3) is 0 Å². The van der Waals surface area contributed by atoms with Crippen LogP contribution in [-0.4, -0.2) is 24.1 Å². The zero-order valence-electron chi connectivity index (χ0n) is 29.8. The van der Waals surface area contributed by atoms with Crippen molar-refractivity contribution in [3.8, 4) is 0 Å². The Labute approximate surface area is 284 Å². The van der Waals surface area contributed by atoms with Crippen LogP contribution >= 0.6 is 0 Å². The van der Waals surface area contributed by atoms with Crippen LogP contribution in [0.3, 0.4) is 0 Å². The van der Waals surface area contributed by atoms with Crippen molar-refractivity contribution in [3.63, 3.8) is 0 Å². The van der Waals surface area contributed by atoms with Crippen LogP contribution in [-0.2, 0) is 9.47 Å². The first-order valence-electron chi connectivity index (χ1n) is 18.8. The van der Waals surface area contributed by atoms with Gasteiger partial charge in [-0.05, 0) is 122 Å². The minimum absolute atomic E-state index is 0.0343. The molecule has 0 saturated heterocycles. The van der Waals surface area contributed by atoms with E-state index in [1.54, 1.807) is 0 Å². The largest absolute Gasteiger partial charge is 0.458 e. The lowest BCUT2D eigenvalue weighted by Crippen LogP contribution is -2.55. The highest BCUT2D eigenvalue weighted by Crippen LogP contribution is 2.67. The van der Waals surface area contributed by atoms with Crippen molar-refractivity contribution in [1.29, 1.82) is 0 Å². The number of benzene rings is 2. The molecule has 2 aromatic carbocycles. The van der Waals surface area contributed by atoms with Gasteiger partial charge >= 0.3 is 11.9 Å². The van der Waals surface area contributed by atoms with Gasteiger partial charge in [0.25, 0.3) is 0 Å². The molecule has 254 valence electrons. The molecular weight excluding hydrogens is 580 g/mol. The van der Waals surface area contributed by atoms with Crippen LogP contribution in [0.5, 0.6) is 0 Å². The van der Waals surface area contributed by atoms with E-state index < -0.39 is 0 Å². The summed E-state index contributed by atoms with van der Waals surface area (Å²) < 4.78 is 12.7. The first-order valence-corrected chi connectivity index (χ1v) is 18.8. The van der Waals surface area contributed by atoms with E-state index in [4.69, 9.17) is 9.47 Å². The molecule has 10 atom stereocenters. The molecule has 4 aliphatic rings. The van der Waals surface area contributed by atoms with E-state index in [0.29, 0.717) is 41.2 Å². The summed E-state index contributed by atoms with van der Waals surface area (Å²) in [7, 11) is 0. The van der Waals surface area contributed by atoms with Crippen molar-refractivity contribution < 1.29 is 19.1 Å². The fourth-order valence-corrected chi connectivity index (χ4v) is 11.0. The van der Waals surface area contributed by atoms with E-state index in [0.717, 1.165) is 30.6 Å². The molecule has 0 spiro atoms. The summed E-state index contributed by atoms with van der Waals surface area (Å²) in [5.41, 5.74) is 2.84.